The van der Waals surface area contributed by atoms with Gasteiger partial charge < -0.3 is 9.64 Å². The van der Waals surface area contributed by atoms with Crippen LogP contribution in [0.4, 0.5) is 0 Å². The van der Waals surface area contributed by atoms with Crippen molar-refractivity contribution in [2.75, 3.05) is 39.3 Å². The van der Waals surface area contributed by atoms with Crippen LogP contribution in [0.3, 0.4) is 0 Å². The Balaban J connectivity index is 1.59. The summed E-state index contributed by atoms with van der Waals surface area (Å²) in [4.78, 5) is 5.16. The van der Waals surface area contributed by atoms with Crippen LogP contribution in [0, 0.1) is 5.41 Å². The van der Waals surface area contributed by atoms with Crippen molar-refractivity contribution in [3.63, 3.8) is 0 Å². The summed E-state index contributed by atoms with van der Waals surface area (Å²) in [7, 11) is 0. The predicted octanol–water partition coefficient (Wildman–Crippen LogP) is 4.52. The molecule has 3 rings (SSSR count). The molecule has 1 fully saturated rings. The van der Waals surface area contributed by atoms with Crippen LogP contribution < -0.4 is 4.74 Å². The Bertz CT molecular complexity index is 559. The molecule has 1 atom stereocenters. The van der Waals surface area contributed by atoms with Gasteiger partial charge in [0.25, 0.3) is 0 Å². The second-order valence-corrected chi connectivity index (χ2v) is 8.57. The maximum atomic E-state index is 6.21. The van der Waals surface area contributed by atoms with Crippen LogP contribution in [0.1, 0.15) is 64.1 Å². The molecule has 0 radical (unpaired) electrons. The number of hydrogen-bond donors (Lipinski definition) is 0. The molecule has 140 valence electrons. The van der Waals surface area contributed by atoms with E-state index in [2.05, 4.69) is 55.7 Å². The third-order valence-corrected chi connectivity index (χ3v) is 5.92. The lowest BCUT2D eigenvalue weighted by Gasteiger charge is -2.31. The number of nitrogens with zero attached hydrogens (tertiary/aromatic N) is 2. The van der Waals surface area contributed by atoms with Crippen molar-refractivity contribution >= 4 is 0 Å². The number of aryl methyl sites for hydroxylation is 1. The first-order chi connectivity index (χ1) is 12.0. The van der Waals surface area contributed by atoms with Gasteiger partial charge >= 0.3 is 0 Å². The third kappa shape index (κ3) is 4.57. The normalized spacial score (nSPS) is 21.1. The second kappa shape index (κ2) is 8.09. The first-order valence-corrected chi connectivity index (χ1v) is 10.2. The van der Waals surface area contributed by atoms with E-state index in [9.17, 15) is 0 Å². The number of fused-ring (bicyclic) bond motifs is 1. The van der Waals surface area contributed by atoms with Crippen LogP contribution in [0.2, 0.25) is 0 Å². The topological polar surface area (TPSA) is 15.7 Å². The highest BCUT2D eigenvalue weighted by molar-refractivity contribution is 5.40. The summed E-state index contributed by atoms with van der Waals surface area (Å²) in [6.07, 6.45) is 5.23. The van der Waals surface area contributed by atoms with Crippen molar-refractivity contribution in [3.05, 3.63) is 29.3 Å². The van der Waals surface area contributed by atoms with Crippen LogP contribution in [0.15, 0.2) is 18.2 Å². The maximum absolute atomic E-state index is 6.21. The highest BCUT2D eigenvalue weighted by Gasteiger charge is 2.30. The number of rotatable bonds is 8. The Morgan fingerprint density at radius 2 is 1.88 bits per heavy atom. The summed E-state index contributed by atoms with van der Waals surface area (Å²) >= 11 is 0. The molecule has 0 amide bonds. The molecule has 1 aromatic rings. The number of ether oxygens (including phenoxy) is 1. The van der Waals surface area contributed by atoms with Crippen LogP contribution in [-0.2, 0) is 6.42 Å². The Morgan fingerprint density at radius 1 is 1.16 bits per heavy atom. The zero-order valence-electron chi connectivity index (χ0n) is 16.7. The zero-order chi connectivity index (χ0) is 17.9. The molecule has 25 heavy (non-hydrogen) atoms. The van der Waals surface area contributed by atoms with Crippen molar-refractivity contribution in [3.8, 4) is 5.75 Å². The van der Waals surface area contributed by atoms with Crippen LogP contribution in [0.5, 0.6) is 5.75 Å². The highest BCUT2D eigenvalue weighted by atomic mass is 16.5. The number of likely N-dealkylation sites (tertiary alicyclic amines) is 1. The molecule has 0 bridgehead atoms. The molecular formula is C22H36N2O. The molecule has 1 aliphatic carbocycles. The monoisotopic (exact) mass is 344 g/mol. The first-order valence-electron chi connectivity index (χ1n) is 10.2. The molecule has 1 aromatic carbocycles. The number of hydrogen-bond acceptors (Lipinski definition) is 3. The maximum Gasteiger partial charge on any atom is 0.119 e. The molecule has 1 unspecified atom stereocenters. The summed E-state index contributed by atoms with van der Waals surface area (Å²) in [5, 5.41) is 0. The molecule has 1 saturated heterocycles. The molecule has 0 spiro atoms. The van der Waals surface area contributed by atoms with Gasteiger partial charge in [-0.3, -0.25) is 4.90 Å². The van der Waals surface area contributed by atoms with Gasteiger partial charge in [0.05, 0.1) is 6.61 Å². The minimum absolute atomic E-state index is 0.170. The van der Waals surface area contributed by atoms with Gasteiger partial charge in [0.1, 0.15) is 5.75 Å². The van der Waals surface area contributed by atoms with Gasteiger partial charge in [0, 0.05) is 18.0 Å². The van der Waals surface area contributed by atoms with E-state index in [1.807, 2.05) is 0 Å². The summed E-state index contributed by atoms with van der Waals surface area (Å²) in [5.74, 6) is 1.05. The molecule has 1 aliphatic heterocycles. The van der Waals surface area contributed by atoms with Crippen LogP contribution in [0.25, 0.3) is 0 Å². The quantitative estimate of drug-likeness (QED) is 0.690. The molecule has 1 heterocycles. The van der Waals surface area contributed by atoms with E-state index in [4.69, 9.17) is 4.74 Å². The average molecular weight is 345 g/mol. The SMILES string of the molecule is CCN(CC)CC(C)(C)COc1ccc2c(c1)CCC2N1CCCC1. The van der Waals surface area contributed by atoms with E-state index < -0.39 is 0 Å². The van der Waals surface area contributed by atoms with E-state index in [1.165, 1.54) is 44.3 Å². The molecule has 0 N–H and O–H groups in total. The van der Waals surface area contributed by atoms with Gasteiger partial charge in [-0.2, -0.15) is 0 Å². The molecular weight excluding hydrogens is 308 g/mol. The van der Waals surface area contributed by atoms with E-state index in [0.717, 1.165) is 32.0 Å². The summed E-state index contributed by atoms with van der Waals surface area (Å²) in [6.45, 7) is 15.7. The predicted molar refractivity (Wildman–Crippen MR) is 105 cm³/mol. The van der Waals surface area contributed by atoms with Gasteiger partial charge in [-0.05, 0) is 75.1 Å². The van der Waals surface area contributed by atoms with Crippen molar-refractivity contribution in [2.24, 2.45) is 5.41 Å². The largest absolute Gasteiger partial charge is 0.493 e. The minimum Gasteiger partial charge on any atom is -0.493 e. The Morgan fingerprint density at radius 3 is 2.56 bits per heavy atom. The van der Waals surface area contributed by atoms with Gasteiger partial charge in [0.2, 0.25) is 0 Å². The summed E-state index contributed by atoms with van der Waals surface area (Å²) in [6, 6.07) is 7.49. The van der Waals surface area contributed by atoms with E-state index >= 15 is 0 Å². The fourth-order valence-electron chi connectivity index (χ4n) is 4.47. The van der Waals surface area contributed by atoms with Gasteiger partial charge in [-0.25, -0.2) is 0 Å². The lowest BCUT2D eigenvalue weighted by Crippen LogP contribution is -2.37. The Hall–Kier alpha value is -1.06. The summed E-state index contributed by atoms with van der Waals surface area (Å²) in [5.41, 5.74) is 3.23. The lowest BCUT2D eigenvalue weighted by molar-refractivity contribution is 0.121. The minimum atomic E-state index is 0.170. The molecule has 2 aliphatic rings. The van der Waals surface area contributed by atoms with E-state index in [0.29, 0.717) is 6.04 Å². The van der Waals surface area contributed by atoms with Crippen LogP contribution in [-0.4, -0.2) is 49.1 Å². The van der Waals surface area contributed by atoms with Gasteiger partial charge in [0.15, 0.2) is 0 Å². The number of benzene rings is 1. The average Bonchev–Trinajstić information content (AvgIpc) is 3.26. The van der Waals surface area contributed by atoms with E-state index in [1.54, 1.807) is 5.56 Å². The fourth-order valence-corrected chi connectivity index (χ4v) is 4.47. The molecule has 3 heteroatoms. The highest BCUT2D eigenvalue weighted by Crippen LogP contribution is 2.39. The zero-order valence-corrected chi connectivity index (χ0v) is 16.7. The van der Waals surface area contributed by atoms with Gasteiger partial charge in [-0.15, -0.1) is 0 Å². The molecule has 0 saturated carbocycles. The Labute approximate surface area is 154 Å². The fraction of sp³-hybridized carbons (Fsp3) is 0.727. The third-order valence-electron chi connectivity index (χ3n) is 5.92. The lowest BCUT2D eigenvalue weighted by atomic mass is 9.94. The second-order valence-electron chi connectivity index (χ2n) is 8.57. The Kier molecular flexibility index (Phi) is 6.06. The van der Waals surface area contributed by atoms with Crippen molar-refractivity contribution in [2.45, 2.75) is 59.4 Å². The molecule has 0 aromatic heterocycles. The van der Waals surface area contributed by atoms with Crippen molar-refractivity contribution in [1.29, 1.82) is 0 Å². The first kappa shape index (κ1) is 18.7. The van der Waals surface area contributed by atoms with Crippen molar-refractivity contribution in [1.82, 2.24) is 9.80 Å². The smallest absolute Gasteiger partial charge is 0.119 e. The van der Waals surface area contributed by atoms with Gasteiger partial charge in [-0.1, -0.05) is 33.8 Å². The summed E-state index contributed by atoms with van der Waals surface area (Å²) < 4.78 is 6.21. The van der Waals surface area contributed by atoms with Crippen molar-refractivity contribution < 1.29 is 4.74 Å². The molecule has 3 nitrogen and oxygen atoms in total. The van der Waals surface area contributed by atoms with E-state index in [-0.39, 0.29) is 5.41 Å². The van der Waals surface area contributed by atoms with Crippen LogP contribution >= 0.6 is 0 Å². The standard InChI is InChI=1S/C22H36N2O/c1-5-23(6-2)16-22(3,4)17-25-19-10-11-20-18(15-19)9-12-21(20)24-13-7-8-14-24/h10-11,15,21H,5-9,12-14,16-17H2,1-4H3.